The van der Waals surface area contributed by atoms with Gasteiger partial charge in [-0.05, 0) is 58.4 Å². The third kappa shape index (κ3) is 3.64. The highest BCUT2D eigenvalue weighted by Gasteiger charge is 2.36. The Balaban J connectivity index is 1.50. The molecular weight excluding hydrogens is 280 g/mol. The Morgan fingerprint density at radius 3 is 2.73 bits per heavy atom. The molecule has 3 atom stereocenters. The van der Waals surface area contributed by atoms with E-state index in [1.54, 1.807) is 0 Å². The lowest BCUT2D eigenvalue weighted by Gasteiger charge is -2.30. The molecule has 1 saturated heterocycles. The van der Waals surface area contributed by atoms with Crippen LogP contribution in [0.15, 0.2) is 10.5 Å². The Morgan fingerprint density at radius 2 is 2.09 bits per heavy atom. The van der Waals surface area contributed by atoms with E-state index in [2.05, 4.69) is 10.6 Å². The summed E-state index contributed by atoms with van der Waals surface area (Å²) in [5.74, 6) is 2.46. The molecule has 122 valence electrons. The number of carbonyl (C=O) groups is 1. The van der Waals surface area contributed by atoms with Crippen LogP contribution in [0.1, 0.15) is 55.7 Å². The number of hydrogen-bond acceptors (Lipinski definition) is 3. The van der Waals surface area contributed by atoms with E-state index < -0.39 is 0 Å². The number of hydrogen-bond donors (Lipinski definition) is 2. The summed E-state index contributed by atoms with van der Waals surface area (Å²) < 4.78 is 11.3. The second-order valence-electron chi connectivity index (χ2n) is 6.68. The smallest absolute Gasteiger partial charge is 0.315 e. The predicted molar refractivity (Wildman–Crippen MR) is 83.8 cm³/mol. The molecule has 2 heterocycles. The second-order valence-corrected chi connectivity index (χ2v) is 6.68. The van der Waals surface area contributed by atoms with Gasteiger partial charge >= 0.3 is 6.03 Å². The fourth-order valence-electron chi connectivity index (χ4n) is 3.34. The van der Waals surface area contributed by atoms with Crippen LogP contribution in [0, 0.1) is 19.8 Å². The zero-order valence-corrected chi connectivity index (χ0v) is 13.6. The highest BCUT2D eigenvalue weighted by atomic mass is 16.5. The quantitative estimate of drug-likeness (QED) is 0.898. The van der Waals surface area contributed by atoms with Crippen molar-refractivity contribution >= 4 is 6.03 Å². The van der Waals surface area contributed by atoms with E-state index in [0.29, 0.717) is 6.10 Å². The first-order valence-corrected chi connectivity index (χ1v) is 8.28. The molecule has 0 bridgehead atoms. The van der Waals surface area contributed by atoms with Crippen molar-refractivity contribution in [1.82, 2.24) is 10.6 Å². The zero-order valence-electron chi connectivity index (χ0n) is 13.6. The number of rotatable bonds is 4. The molecule has 0 radical (unpaired) electrons. The molecule has 0 unspecified atom stereocenters. The van der Waals surface area contributed by atoms with Crippen molar-refractivity contribution in [1.29, 1.82) is 0 Å². The minimum Gasteiger partial charge on any atom is -0.466 e. The van der Waals surface area contributed by atoms with Gasteiger partial charge in [-0.25, -0.2) is 4.79 Å². The first kappa shape index (κ1) is 15.4. The number of urea groups is 1. The van der Waals surface area contributed by atoms with E-state index in [4.69, 9.17) is 9.15 Å². The van der Waals surface area contributed by atoms with Crippen molar-refractivity contribution in [3.05, 3.63) is 23.2 Å². The first-order chi connectivity index (χ1) is 10.5. The zero-order chi connectivity index (χ0) is 15.7. The van der Waals surface area contributed by atoms with Crippen LogP contribution >= 0.6 is 0 Å². The summed E-state index contributed by atoms with van der Waals surface area (Å²) >= 11 is 0. The average Bonchev–Trinajstić information content (AvgIpc) is 3.24. The molecular formula is C17H26N2O3. The Bertz CT molecular complexity index is 536. The summed E-state index contributed by atoms with van der Waals surface area (Å²) in [5.41, 5.74) is 1.04. The molecule has 0 spiro atoms. The van der Waals surface area contributed by atoms with E-state index >= 15 is 0 Å². The van der Waals surface area contributed by atoms with Gasteiger partial charge in [0.1, 0.15) is 11.5 Å². The summed E-state index contributed by atoms with van der Waals surface area (Å²) in [6, 6.07) is 2.04. The molecule has 2 amide bonds. The fraction of sp³-hybridized carbons (Fsp3) is 0.706. The van der Waals surface area contributed by atoms with Crippen LogP contribution in [-0.4, -0.2) is 24.8 Å². The minimum atomic E-state index is -0.104. The molecule has 1 aliphatic carbocycles. The Morgan fingerprint density at radius 1 is 1.32 bits per heavy atom. The molecule has 1 aliphatic heterocycles. The molecule has 1 saturated carbocycles. The van der Waals surface area contributed by atoms with Gasteiger partial charge in [0, 0.05) is 18.2 Å². The topological polar surface area (TPSA) is 63.5 Å². The summed E-state index contributed by atoms with van der Waals surface area (Å²) in [7, 11) is 0. The molecule has 22 heavy (non-hydrogen) atoms. The van der Waals surface area contributed by atoms with Gasteiger partial charge in [-0.3, -0.25) is 0 Å². The monoisotopic (exact) mass is 306 g/mol. The lowest BCUT2D eigenvalue weighted by atomic mass is 10.0. The maximum atomic E-state index is 12.2. The maximum absolute atomic E-state index is 12.2. The number of ether oxygens (including phenoxy) is 1. The van der Waals surface area contributed by atoms with Gasteiger partial charge in [-0.1, -0.05) is 0 Å². The Hall–Kier alpha value is -1.49. The molecule has 2 fully saturated rings. The third-order valence-corrected chi connectivity index (χ3v) is 4.69. The lowest BCUT2D eigenvalue weighted by molar-refractivity contribution is -0.00917. The molecule has 0 aromatic carbocycles. The number of aryl methyl sites for hydroxylation is 2. The van der Waals surface area contributed by atoms with Crippen LogP contribution in [0.3, 0.4) is 0 Å². The van der Waals surface area contributed by atoms with Crippen LogP contribution in [0.2, 0.25) is 0 Å². The standard InChI is InChI=1S/C17H26N2O3/c1-10-8-15(12(3)22-10)11(2)18-17(20)19-14-6-7-21-16(9-14)13-4-5-13/h8,11,13-14,16H,4-7,9H2,1-3H3,(H2,18,19,20)/t11-,14-,16-/m0/s1. The summed E-state index contributed by atoms with van der Waals surface area (Å²) in [4.78, 5) is 12.2. The predicted octanol–water partition coefficient (Wildman–Crippen LogP) is 3.21. The molecule has 2 N–H and O–H groups in total. The molecule has 2 aliphatic rings. The van der Waals surface area contributed by atoms with Crippen molar-refractivity contribution in [2.75, 3.05) is 6.61 Å². The summed E-state index contributed by atoms with van der Waals surface area (Å²) in [5, 5.41) is 6.10. The number of amides is 2. The SMILES string of the molecule is Cc1cc([C@H](C)NC(=O)N[C@H]2CCO[C@H](C3CC3)C2)c(C)o1. The summed E-state index contributed by atoms with van der Waals surface area (Å²) in [6.07, 6.45) is 4.74. The van der Waals surface area contributed by atoms with Crippen LogP contribution < -0.4 is 10.6 Å². The second kappa shape index (κ2) is 6.32. The lowest BCUT2D eigenvalue weighted by Crippen LogP contribution is -2.47. The first-order valence-electron chi connectivity index (χ1n) is 8.28. The van der Waals surface area contributed by atoms with Gasteiger partial charge in [-0.15, -0.1) is 0 Å². The van der Waals surface area contributed by atoms with E-state index in [9.17, 15) is 4.79 Å². The third-order valence-electron chi connectivity index (χ3n) is 4.69. The maximum Gasteiger partial charge on any atom is 0.315 e. The summed E-state index contributed by atoms with van der Waals surface area (Å²) in [6.45, 7) is 6.58. The number of nitrogens with one attached hydrogen (secondary N) is 2. The molecule has 1 aromatic rings. The van der Waals surface area contributed by atoms with E-state index in [-0.39, 0.29) is 18.1 Å². The van der Waals surface area contributed by atoms with Gasteiger partial charge < -0.3 is 19.8 Å². The van der Waals surface area contributed by atoms with Gasteiger partial charge in [0.15, 0.2) is 0 Å². The van der Waals surface area contributed by atoms with Gasteiger partial charge in [0.2, 0.25) is 0 Å². The highest BCUT2D eigenvalue weighted by molar-refractivity contribution is 5.74. The number of carbonyl (C=O) groups excluding carboxylic acids is 1. The van der Waals surface area contributed by atoms with E-state index in [0.717, 1.165) is 42.5 Å². The van der Waals surface area contributed by atoms with Gasteiger partial charge in [0.05, 0.1) is 12.1 Å². The van der Waals surface area contributed by atoms with Crippen LogP contribution in [0.4, 0.5) is 4.79 Å². The van der Waals surface area contributed by atoms with Crippen LogP contribution in [0.5, 0.6) is 0 Å². The molecule has 3 rings (SSSR count). The van der Waals surface area contributed by atoms with Crippen molar-refractivity contribution < 1.29 is 13.9 Å². The van der Waals surface area contributed by atoms with Crippen LogP contribution in [0.25, 0.3) is 0 Å². The van der Waals surface area contributed by atoms with Crippen molar-refractivity contribution in [3.8, 4) is 0 Å². The van der Waals surface area contributed by atoms with E-state index in [1.165, 1.54) is 12.8 Å². The van der Waals surface area contributed by atoms with Crippen LogP contribution in [-0.2, 0) is 4.74 Å². The van der Waals surface area contributed by atoms with E-state index in [1.807, 2.05) is 26.8 Å². The Kier molecular flexibility index (Phi) is 4.43. The average molecular weight is 306 g/mol. The normalized spacial score (nSPS) is 26.5. The van der Waals surface area contributed by atoms with Crippen molar-refractivity contribution in [3.63, 3.8) is 0 Å². The van der Waals surface area contributed by atoms with Gasteiger partial charge in [-0.2, -0.15) is 0 Å². The highest BCUT2D eigenvalue weighted by Crippen LogP contribution is 2.38. The minimum absolute atomic E-state index is 0.0588. The fourth-order valence-corrected chi connectivity index (χ4v) is 3.34. The van der Waals surface area contributed by atoms with Crippen molar-refractivity contribution in [2.24, 2.45) is 5.92 Å². The largest absolute Gasteiger partial charge is 0.466 e. The number of furan rings is 1. The Labute approximate surface area is 131 Å². The van der Waals surface area contributed by atoms with Gasteiger partial charge in [0.25, 0.3) is 0 Å². The van der Waals surface area contributed by atoms with Crippen molar-refractivity contribution in [2.45, 2.75) is 64.6 Å². The molecule has 5 nitrogen and oxygen atoms in total. The molecule has 1 aromatic heterocycles. The molecule has 5 heteroatoms.